The zero-order chi connectivity index (χ0) is 16.2. The summed E-state index contributed by atoms with van der Waals surface area (Å²) in [5, 5.41) is 6.58. The number of amides is 1. The van der Waals surface area contributed by atoms with Crippen molar-refractivity contribution in [1.29, 1.82) is 0 Å². The third-order valence-electron chi connectivity index (χ3n) is 3.82. The number of hydrogen-bond acceptors (Lipinski definition) is 4. The first-order chi connectivity index (χ1) is 10.3. The van der Waals surface area contributed by atoms with E-state index in [0.717, 1.165) is 19.3 Å². The highest BCUT2D eigenvalue weighted by atomic mass is 16.6. The molecule has 5 heteroatoms. The quantitative estimate of drug-likeness (QED) is 0.897. The summed E-state index contributed by atoms with van der Waals surface area (Å²) in [4.78, 5) is 16.0. The molecule has 2 unspecified atom stereocenters. The van der Waals surface area contributed by atoms with Gasteiger partial charge in [0.05, 0.1) is 0 Å². The van der Waals surface area contributed by atoms with E-state index >= 15 is 0 Å². The second-order valence-electron chi connectivity index (χ2n) is 7.03. The van der Waals surface area contributed by atoms with Gasteiger partial charge in [0, 0.05) is 30.5 Å². The maximum Gasteiger partial charge on any atom is 0.407 e. The summed E-state index contributed by atoms with van der Waals surface area (Å²) in [6.07, 6.45) is 6.33. The van der Waals surface area contributed by atoms with Crippen molar-refractivity contribution < 1.29 is 9.53 Å². The molecular formula is C17H27N3O2. The largest absolute Gasteiger partial charge is 0.444 e. The van der Waals surface area contributed by atoms with E-state index in [1.54, 1.807) is 6.20 Å². The van der Waals surface area contributed by atoms with Gasteiger partial charge in [-0.1, -0.05) is 6.07 Å². The van der Waals surface area contributed by atoms with Gasteiger partial charge >= 0.3 is 6.09 Å². The Morgan fingerprint density at radius 3 is 2.73 bits per heavy atom. The van der Waals surface area contributed by atoms with Crippen molar-refractivity contribution in [2.24, 2.45) is 0 Å². The Morgan fingerprint density at radius 2 is 2.09 bits per heavy atom. The van der Waals surface area contributed by atoms with Crippen molar-refractivity contribution in [3.8, 4) is 0 Å². The average Bonchev–Trinajstić information content (AvgIpc) is 2.84. The molecule has 0 bridgehead atoms. The van der Waals surface area contributed by atoms with Gasteiger partial charge in [-0.25, -0.2) is 4.79 Å². The van der Waals surface area contributed by atoms with Crippen LogP contribution in [0.4, 0.5) is 4.79 Å². The van der Waals surface area contributed by atoms with Gasteiger partial charge in [0.1, 0.15) is 5.60 Å². The number of hydrogen-bond donors (Lipinski definition) is 2. The Hall–Kier alpha value is -1.62. The Balaban J connectivity index is 1.77. The van der Waals surface area contributed by atoms with E-state index in [1.807, 2.05) is 33.0 Å². The molecule has 1 aromatic heterocycles. The predicted octanol–water partition coefficient (Wildman–Crippen LogP) is 3.18. The molecule has 1 aliphatic carbocycles. The summed E-state index contributed by atoms with van der Waals surface area (Å²) < 4.78 is 5.31. The summed E-state index contributed by atoms with van der Waals surface area (Å²) >= 11 is 0. The number of alkyl carbamates (subject to hydrolysis) is 1. The fourth-order valence-corrected chi connectivity index (χ4v) is 2.82. The first-order valence-electron chi connectivity index (χ1n) is 7.99. The third-order valence-corrected chi connectivity index (χ3v) is 3.82. The maximum atomic E-state index is 11.8. The van der Waals surface area contributed by atoms with Crippen LogP contribution in [0.25, 0.3) is 0 Å². The molecule has 0 aromatic carbocycles. The number of carbonyl (C=O) groups is 1. The van der Waals surface area contributed by atoms with Gasteiger partial charge in [0.15, 0.2) is 0 Å². The highest BCUT2D eigenvalue weighted by molar-refractivity contribution is 5.68. The van der Waals surface area contributed by atoms with Gasteiger partial charge in [0.25, 0.3) is 0 Å². The number of nitrogens with zero attached hydrogens (tertiary/aromatic N) is 1. The summed E-state index contributed by atoms with van der Waals surface area (Å²) in [5.41, 5.74) is 0.737. The maximum absolute atomic E-state index is 11.8. The molecular weight excluding hydrogens is 278 g/mol. The first kappa shape index (κ1) is 16.7. The van der Waals surface area contributed by atoms with Crippen LogP contribution in [0, 0.1) is 0 Å². The number of pyridine rings is 1. The van der Waals surface area contributed by atoms with E-state index in [4.69, 9.17) is 4.74 Å². The third kappa shape index (κ3) is 5.30. The van der Waals surface area contributed by atoms with Gasteiger partial charge in [-0.15, -0.1) is 0 Å². The van der Waals surface area contributed by atoms with Crippen molar-refractivity contribution in [3.05, 3.63) is 30.1 Å². The summed E-state index contributed by atoms with van der Waals surface area (Å²) in [6.45, 7) is 7.77. The second kappa shape index (κ2) is 7.09. The summed E-state index contributed by atoms with van der Waals surface area (Å²) in [6, 6.07) is 4.90. The molecule has 2 rings (SSSR count). The molecule has 1 amide bonds. The minimum Gasteiger partial charge on any atom is -0.444 e. The fraction of sp³-hybridized carbons (Fsp3) is 0.647. The molecule has 0 spiro atoms. The lowest BCUT2D eigenvalue weighted by atomic mass is 10.1. The molecule has 2 N–H and O–H groups in total. The lowest BCUT2D eigenvalue weighted by Crippen LogP contribution is -2.39. The second-order valence-corrected chi connectivity index (χ2v) is 7.03. The van der Waals surface area contributed by atoms with Crippen LogP contribution >= 0.6 is 0 Å². The van der Waals surface area contributed by atoms with Gasteiger partial charge < -0.3 is 15.4 Å². The van der Waals surface area contributed by atoms with Crippen molar-refractivity contribution >= 4 is 6.09 Å². The van der Waals surface area contributed by atoms with E-state index in [1.165, 1.54) is 5.56 Å². The van der Waals surface area contributed by atoms with E-state index in [9.17, 15) is 4.79 Å². The zero-order valence-electron chi connectivity index (χ0n) is 13.9. The molecule has 1 saturated carbocycles. The van der Waals surface area contributed by atoms with E-state index in [0.29, 0.717) is 6.04 Å². The van der Waals surface area contributed by atoms with Crippen LogP contribution in [0.3, 0.4) is 0 Å². The minimum absolute atomic E-state index is 0.188. The first-order valence-corrected chi connectivity index (χ1v) is 7.99. The van der Waals surface area contributed by atoms with Crippen LogP contribution in [0.5, 0.6) is 0 Å². The van der Waals surface area contributed by atoms with Gasteiger partial charge in [-0.2, -0.15) is 0 Å². The predicted molar refractivity (Wildman–Crippen MR) is 86.6 cm³/mol. The summed E-state index contributed by atoms with van der Waals surface area (Å²) in [7, 11) is 0. The molecule has 122 valence electrons. The molecule has 0 radical (unpaired) electrons. The van der Waals surface area contributed by atoms with Crippen molar-refractivity contribution in [2.75, 3.05) is 0 Å². The Labute approximate surface area is 132 Å². The Morgan fingerprint density at radius 1 is 1.36 bits per heavy atom. The number of aromatic nitrogens is 1. The van der Waals surface area contributed by atoms with E-state index in [-0.39, 0.29) is 18.2 Å². The number of carbonyl (C=O) groups excluding carboxylic acids is 1. The molecule has 22 heavy (non-hydrogen) atoms. The SMILES string of the molecule is C[C@@H](NC1CCC(NC(=O)OC(C)(C)C)C1)c1cccnc1. The normalized spacial score (nSPS) is 23.1. The van der Waals surface area contributed by atoms with Crippen molar-refractivity contribution in [2.45, 2.75) is 70.7 Å². The number of rotatable bonds is 4. The topological polar surface area (TPSA) is 63.2 Å². The molecule has 0 saturated heterocycles. The van der Waals surface area contributed by atoms with Crippen LogP contribution in [-0.4, -0.2) is 28.8 Å². The van der Waals surface area contributed by atoms with Crippen molar-refractivity contribution in [1.82, 2.24) is 15.6 Å². The molecule has 0 aliphatic heterocycles. The number of nitrogens with one attached hydrogen (secondary N) is 2. The standard InChI is InChI=1S/C17H27N3O2/c1-12(13-6-5-9-18-11-13)19-14-7-8-15(10-14)20-16(21)22-17(2,3)4/h5-6,9,11-12,14-15,19H,7-8,10H2,1-4H3,(H,20,21)/t12-,14?,15?/m1/s1. The molecule has 1 aromatic rings. The Kier molecular flexibility index (Phi) is 5.40. The van der Waals surface area contributed by atoms with E-state index in [2.05, 4.69) is 28.6 Å². The molecule has 3 atom stereocenters. The highest BCUT2D eigenvalue weighted by Gasteiger charge is 2.28. The van der Waals surface area contributed by atoms with Crippen LogP contribution < -0.4 is 10.6 Å². The Bertz CT molecular complexity index is 484. The van der Waals surface area contributed by atoms with Crippen LogP contribution in [0.15, 0.2) is 24.5 Å². The van der Waals surface area contributed by atoms with Crippen molar-refractivity contribution in [3.63, 3.8) is 0 Å². The smallest absolute Gasteiger partial charge is 0.407 e. The molecule has 1 heterocycles. The molecule has 5 nitrogen and oxygen atoms in total. The van der Waals surface area contributed by atoms with E-state index < -0.39 is 5.60 Å². The summed E-state index contributed by atoms with van der Waals surface area (Å²) in [5.74, 6) is 0. The zero-order valence-corrected chi connectivity index (χ0v) is 13.9. The van der Waals surface area contributed by atoms with Gasteiger partial charge in [-0.3, -0.25) is 4.98 Å². The fourth-order valence-electron chi connectivity index (χ4n) is 2.82. The van der Waals surface area contributed by atoms with Gasteiger partial charge in [-0.05, 0) is 58.6 Å². The van der Waals surface area contributed by atoms with Crippen LogP contribution in [0.1, 0.15) is 58.6 Å². The molecule has 1 fully saturated rings. The molecule has 1 aliphatic rings. The van der Waals surface area contributed by atoms with Gasteiger partial charge in [0.2, 0.25) is 0 Å². The van der Waals surface area contributed by atoms with Crippen LogP contribution in [0.2, 0.25) is 0 Å². The number of ether oxygens (including phenoxy) is 1. The van der Waals surface area contributed by atoms with Crippen LogP contribution in [-0.2, 0) is 4.74 Å². The lowest BCUT2D eigenvalue weighted by molar-refractivity contribution is 0.0505. The minimum atomic E-state index is -0.449. The monoisotopic (exact) mass is 305 g/mol. The lowest BCUT2D eigenvalue weighted by Gasteiger charge is -2.22. The highest BCUT2D eigenvalue weighted by Crippen LogP contribution is 2.23. The average molecular weight is 305 g/mol.